The number of ether oxygens (including phenoxy) is 1. The van der Waals surface area contributed by atoms with Crippen molar-refractivity contribution in [3.05, 3.63) is 87.9 Å². The van der Waals surface area contributed by atoms with Crippen LogP contribution in [0.3, 0.4) is 0 Å². The molecule has 1 atom stereocenters. The molecular formula is C26H22ClNO3S2. The van der Waals surface area contributed by atoms with Crippen LogP contribution in [-0.2, 0) is 19.7 Å². The molecule has 7 heteroatoms. The number of nitrogens with zero attached hydrogens (tertiary/aromatic N) is 1. The molecule has 0 radical (unpaired) electrons. The lowest BCUT2D eigenvalue weighted by Gasteiger charge is -2.11. The predicted octanol–water partition coefficient (Wildman–Crippen LogP) is 6.01. The molecule has 0 aliphatic rings. The molecule has 168 valence electrons. The van der Waals surface area contributed by atoms with E-state index in [0.717, 1.165) is 23.0 Å². The molecule has 0 saturated carbocycles. The Balaban J connectivity index is 1.90. The number of aldehydes is 1. The lowest BCUT2D eigenvalue weighted by atomic mass is 9.95. The van der Waals surface area contributed by atoms with Gasteiger partial charge < -0.3 is 4.74 Å². The number of benzene rings is 3. The Hall–Kier alpha value is -2.98. The van der Waals surface area contributed by atoms with Crippen LogP contribution in [0.2, 0.25) is 5.02 Å². The van der Waals surface area contributed by atoms with Crippen molar-refractivity contribution in [2.24, 2.45) is 0 Å². The van der Waals surface area contributed by atoms with Crippen molar-refractivity contribution in [1.82, 2.24) is 0 Å². The smallest absolute Gasteiger partial charge is 0.150 e. The Morgan fingerprint density at radius 2 is 1.79 bits per heavy atom. The van der Waals surface area contributed by atoms with Crippen LogP contribution in [-0.4, -0.2) is 29.1 Å². The number of rotatable bonds is 9. The molecule has 4 nitrogen and oxygen atoms in total. The van der Waals surface area contributed by atoms with E-state index >= 15 is 0 Å². The number of hydrogen-bond acceptors (Lipinski definition) is 5. The fraction of sp³-hybridized carbons (Fsp3) is 0.154. The zero-order valence-corrected chi connectivity index (χ0v) is 20.4. The Morgan fingerprint density at radius 1 is 1.06 bits per heavy atom. The van der Waals surface area contributed by atoms with Crippen LogP contribution < -0.4 is 4.74 Å². The van der Waals surface area contributed by atoms with E-state index in [-0.39, 0.29) is 0 Å². The highest BCUT2D eigenvalue weighted by atomic mass is 35.5. The molecule has 0 N–H and O–H groups in total. The summed E-state index contributed by atoms with van der Waals surface area (Å²) in [6, 6.07) is 20.9. The van der Waals surface area contributed by atoms with E-state index in [1.807, 2.05) is 48.5 Å². The highest BCUT2D eigenvalue weighted by Crippen LogP contribution is 2.30. The molecular weight excluding hydrogens is 474 g/mol. The highest BCUT2D eigenvalue weighted by molar-refractivity contribution is 8.32. The standard InChI is InChI=1S/C26H22ClNO3S2/c1-33(30,32)14-6-13-31-26-16-21(22(18-29)15-25(26)27)12-11-20-9-5-10-23(24(20)17-28)19-7-3-2-4-8-19/h2-5,7-12,15-16,18H,6,13-14H2,1H3/b12-11+. The fourth-order valence-electron chi connectivity index (χ4n) is 3.32. The van der Waals surface area contributed by atoms with Gasteiger partial charge in [0.25, 0.3) is 0 Å². The van der Waals surface area contributed by atoms with Crippen molar-refractivity contribution in [3.8, 4) is 22.9 Å². The van der Waals surface area contributed by atoms with Crippen LogP contribution in [0.1, 0.15) is 33.5 Å². The molecule has 0 saturated heterocycles. The average molecular weight is 496 g/mol. The quantitative estimate of drug-likeness (QED) is 0.207. The molecule has 0 heterocycles. The third-order valence-electron chi connectivity index (χ3n) is 4.92. The lowest BCUT2D eigenvalue weighted by Crippen LogP contribution is -2.07. The van der Waals surface area contributed by atoms with Gasteiger partial charge in [0.05, 0.1) is 17.2 Å². The molecule has 0 aliphatic carbocycles. The van der Waals surface area contributed by atoms with Gasteiger partial charge in [0, 0.05) is 31.6 Å². The summed E-state index contributed by atoms with van der Waals surface area (Å²) >= 11 is 11.2. The van der Waals surface area contributed by atoms with Gasteiger partial charge in [-0.1, -0.05) is 72.3 Å². The summed E-state index contributed by atoms with van der Waals surface area (Å²) in [5.41, 5.74) is 4.09. The second-order valence-corrected chi connectivity index (χ2v) is 12.2. The van der Waals surface area contributed by atoms with Gasteiger partial charge in [0.15, 0.2) is 6.29 Å². The molecule has 3 aromatic carbocycles. The van der Waals surface area contributed by atoms with Crippen LogP contribution in [0.15, 0.2) is 60.7 Å². The Morgan fingerprint density at radius 3 is 2.45 bits per heavy atom. The topological polar surface area (TPSA) is 67.2 Å². The van der Waals surface area contributed by atoms with Crippen molar-refractivity contribution in [3.63, 3.8) is 0 Å². The first-order valence-electron chi connectivity index (χ1n) is 10.2. The molecule has 3 rings (SSSR count). The lowest BCUT2D eigenvalue weighted by molar-refractivity contribution is 0.112. The van der Waals surface area contributed by atoms with Gasteiger partial charge in [-0.2, -0.15) is 5.26 Å². The zero-order valence-electron chi connectivity index (χ0n) is 18.0. The van der Waals surface area contributed by atoms with E-state index in [0.29, 0.717) is 46.2 Å². The molecule has 33 heavy (non-hydrogen) atoms. The monoisotopic (exact) mass is 495 g/mol. The van der Waals surface area contributed by atoms with Crippen LogP contribution in [0.5, 0.6) is 5.75 Å². The van der Waals surface area contributed by atoms with Gasteiger partial charge in [-0.25, -0.2) is 0 Å². The van der Waals surface area contributed by atoms with Crippen molar-refractivity contribution < 1.29 is 13.7 Å². The van der Waals surface area contributed by atoms with Crippen molar-refractivity contribution in [2.75, 3.05) is 18.6 Å². The van der Waals surface area contributed by atoms with Crippen molar-refractivity contribution in [2.45, 2.75) is 6.42 Å². The first-order chi connectivity index (χ1) is 15.8. The summed E-state index contributed by atoms with van der Waals surface area (Å²) in [7, 11) is -2.24. The second-order valence-electron chi connectivity index (χ2n) is 7.44. The fourth-order valence-corrected chi connectivity index (χ4v) is 4.54. The van der Waals surface area contributed by atoms with E-state index in [1.165, 1.54) is 0 Å². The first kappa shape index (κ1) is 24.7. The van der Waals surface area contributed by atoms with Crippen LogP contribution in [0, 0.1) is 11.3 Å². The van der Waals surface area contributed by atoms with Gasteiger partial charge in [-0.3, -0.25) is 9.00 Å². The molecule has 0 fully saturated rings. The van der Waals surface area contributed by atoms with Crippen LogP contribution >= 0.6 is 11.6 Å². The minimum absolute atomic E-state index is 0.308. The average Bonchev–Trinajstić information content (AvgIpc) is 2.81. The maximum atomic E-state index is 11.7. The minimum Gasteiger partial charge on any atom is -0.492 e. The van der Waals surface area contributed by atoms with Gasteiger partial charge in [0.2, 0.25) is 0 Å². The Kier molecular flexibility index (Phi) is 8.40. The molecule has 1 unspecified atom stereocenters. The normalized spacial score (nSPS) is 12.8. The van der Waals surface area contributed by atoms with E-state index in [9.17, 15) is 14.3 Å². The van der Waals surface area contributed by atoms with E-state index in [1.54, 1.807) is 30.5 Å². The largest absolute Gasteiger partial charge is 0.492 e. The van der Waals surface area contributed by atoms with E-state index in [4.69, 9.17) is 27.5 Å². The van der Waals surface area contributed by atoms with Gasteiger partial charge in [-0.05, 0) is 46.4 Å². The van der Waals surface area contributed by atoms with Crippen molar-refractivity contribution in [1.29, 1.82) is 5.26 Å². The van der Waals surface area contributed by atoms with Crippen LogP contribution in [0.4, 0.5) is 0 Å². The van der Waals surface area contributed by atoms with E-state index in [2.05, 4.69) is 6.07 Å². The summed E-state index contributed by atoms with van der Waals surface area (Å²) in [5, 5.41) is 10.1. The highest BCUT2D eigenvalue weighted by Gasteiger charge is 2.11. The predicted molar refractivity (Wildman–Crippen MR) is 139 cm³/mol. The Bertz CT molecular complexity index is 1330. The molecule has 0 amide bonds. The number of carbonyl (C=O) groups excluding carboxylic acids is 1. The Labute approximate surface area is 204 Å². The number of nitriles is 1. The molecule has 0 aromatic heterocycles. The minimum atomic E-state index is -2.24. The third kappa shape index (κ3) is 6.75. The zero-order chi connectivity index (χ0) is 23.8. The van der Waals surface area contributed by atoms with Gasteiger partial charge >= 0.3 is 0 Å². The molecule has 0 aliphatic heterocycles. The van der Waals surface area contributed by atoms with Crippen molar-refractivity contribution >= 4 is 49.7 Å². The summed E-state index contributed by atoms with van der Waals surface area (Å²) in [4.78, 5) is 11.6. The molecule has 0 bridgehead atoms. The summed E-state index contributed by atoms with van der Waals surface area (Å²) < 4.78 is 17.4. The summed E-state index contributed by atoms with van der Waals surface area (Å²) in [5.74, 6) is 0.806. The maximum Gasteiger partial charge on any atom is 0.150 e. The molecule has 0 spiro atoms. The third-order valence-corrected chi connectivity index (χ3v) is 6.74. The van der Waals surface area contributed by atoms with Crippen LogP contribution in [0.25, 0.3) is 23.3 Å². The van der Waals surface area contributed by atoms with Gasteiger partial charge in [-0.15, -0.1) is 0 Å². The number of hydrogen-bond donors (Lipinski definition) is 0. The number of carbonyl (C=O) groups is 1. The summed E-state index contributed by atoms with van der Waals surface area (Å²) in [6.07, 6.45) is 6.37. The molecule has 3 aromatic rings. The second kappa shape index (κ2) is 11.2. The summed E-state index contributed by atoms with van der Waals surface area (Å²) in [6.45, 7) is 0.308. The number of halogens is 1. The van der Waals surface area contributed by atoms with Gasteiger partial charge in [0.1, 0.15) is 11.8 Å². The SMILES string of the molecule is CS(=O)(=S)CCCOc1cc(/C=C/c2cccc(-c3ccccc3)c2C#N)c(C=O)cc1Cl. The first-order valence-corrected chi connectivity index (χ1v) is 13.6. The van der Waals surface area contributed by atoms with E-state index < -0.39 is 8.49 Å². The maximum absolute atomic E-state index is 11.7.